The second-order valence-electron chi connectivity index (χ2n) is 6.65. The van der Waals surface area contributed by atoms with Gasteiger partial charge < -0.3 is 5.32 Å². The molecule has 1 fully saturated rings. The Labute approximate surface area is 130 Å². The summed E-state index contributed by atoms with van der Waals surface area (Å²) in [5.41, 5.74) is 4.21. The van der Waals surface area contributed by atoms with Gasteiger partial charge in [0.05, 0.1) is 0 Å². The molecule has 0 saturated heterocycles. The summed E-state index contributed by atoms with van der Waals surface area (Å²) in [5, 5.41) is 3.77. The first-order valence-electron chi connectivity index (χ1n) is 8.69. The number of rotatable bonds is 9. The van der Waals surface area contributed by atoms with Crippen LogP contribution in [-0.2, 0) is 0 Å². The molecule has 1 unspecified atom stereocenters. The molecule has 0 heterocycles. The van der Waals surface area contributed by atoms with E-state index in [2.05, 4.69) is 56.1 Å². The van der Waals surface area contributed by atoms with E-state index in [4.69, 9.17) is 0 Å². The monoisotopic (exact) mass is 288 g/mol. The van der Waals surface area contributed by atoms with Crippen molar-refractivity contribution in [3.8, 4) is 0 Å². The fourth-order valence-electron chi connectivity index (χ4n) is 3.20. The molecule has 1 N–H and O–H groups in total. The van der Waals surface area contributed by atoms with Crippen LogP contribution in [0.15, 0.2) is 18.2 Å². The molecule has 2 nitrogen and oxygen atoms in total. The summed E-state index contributed by atoms with van der Waals surface area (Å²) in [7, 11) is 0. The van der Waals surface area contributed by atoms with E-state index in [1.807, 2.05) is 0 Å². The lowest BCUT2D eigenvalue weighted by Crippen LogP contribution is -2.37. The number of nitrogens with one attached hydrogen (secondary N) is 1. The topological polar surface area (TPSA) is 15.3 Å². The molecule has 2 rings (SSSR count). The fourth-order valence-corrected chi connectivity index (χ4v) is 3.20. The smallest absolute Gasteiger partial charge is 0.0449 e. The van der Waals surface area contributed by atoms with E-state index in [1.54, 1.807) is 0 Å². The normalized spacial score (nSPS) is 16.4. The number of hydrogen-bond acceptors (Lipinski definition) is 2. The summed E-state index contributed by atoms with van der Waals surface area (Å²) in [5.74, 6) is 0. The van der Waals surface area contributed by atoms with E-state index in [0.29, 0.717) is 6.04 Å². The molecule has 21 heavy (non-hydrogen) atoms. The second-order valence-corrected chi connectivity index (χ2v) is 6.65. The van der Waals surface area contributed by atoms with E-state index in [1.165, 1.54) is 48.9 Å². The summed E-state index contributed by atoms with van der Waals surface area (Å²) < 4.78 is 0. The third-order valence-electron chi connectivity index (χ3n) is 4.28. The highest BCUT2D eigenvalue weighted by atomic mass is 15.2. The van der Waals surface area contributed by atoms with Crippen LogP contribution in [0.25, 0.3) is 0 Å². The average molecular weight is 288 g/mol. The van der Waals surface area contributed by atoms with E-state index in [0.717, 1.165) is 19.1 Å². The van der Waals surface area contributed by atoms with Gasteiger partial charge >= 0.3 is 0 Å². The van der Waals surface area contributed by atoms with Crippen molar-refractivity contribution in [2.45, 2.75) is 65.5 Å². The highest BCUT2D eigenvalue weighted by Gasteiger charge is 2.30. The molecule has 118 valence electrons. The molecule has 0 amide bonds. The zero-order valence-corrected chi connectivity index (χ0v) is 14.3. The molecule has 0 bridgehead atoms. The molecule has 1 atom stereocenters. The Morgan fingerprint density at radius 1 is 1.10 bits per heavy atom. The molecular formula is C19H32N2. The molecule has 1 aliphatic carbocycles. The Hall–Kier alpha value is -0.860. The van der Waals surface area contributed by atoms with Crippen molar-refractivity contribution in [1.29, 1.82) is 0 Å². The van der Waals surface area contributed by atoms with Crippen LogP contribution in [0, 0.1) is 13.8 Å². The van der Waals surface area contributed by atoms with Gasteiger partial charge in [-0.15, -0.1) is 0 Å². The van der Waals surface area contributed by atoms with Crippen molar-refractivity contribution >= 4 is 0 Å². The van der Waals surface area contributed by atoms with E-state index >= 15 is 0 Å². The number of benzene rings is 1. The van der Waals surface area contributed by atoms with E-state index in [-0.39, 0.29) is 0 Å². The van der Waals surface area contributed by atoms with Crippen molar-refractivity contribution in [3.63, 3.8) is 0 Å². The highest BCUT2D eigenvalue weighted by Crippen LogP contribution is 2.29. The molecule has 0 radical (unpaired) electrons. The van der Waals surface area contributed by atoms with Gasteiger partial charge in [-0.05, 0) is 58.2 Å². The lowest BCUT2D eigenvalue weighted by molar-refractivity contribution is 0.233. The number of aryl methyl sites for hydroxylation is 2. The maximum atomic E-state index is 3.77. The van der Waals surface area contributed by atoms with Crippen molar-refractivity contribution < 1.29 is 0 Å². The summed E-state index contributed by atoms with van der Waals surface area (Å²) in [4.78, 5) is 2.70. The first-order valence-corrected chi connectivity index (χ1v) is 8.69. The number of nitrogens with zero attached hydrogens (tertiary/aromatic N) is 1. The lowest BCUT2D eigenvalue weighted by atomic mass is 10.0. The predicted molar refractivity (Wildman–Crippen MR) is 91.8 cm³/mol. The quantitative estimate of drug-likeness (QED) is 0.732. The average Bonchev–Trinajstić information content (AvgIpc) is 3.25. The molecule has 0 spiro atoms. The maximum Gasteiger partial charge on any atom is 0.0449 e. The van der Waals surface area contributed by atoms with Gasteiger partial charge in [0.15, 0.2) is 0 Å². The molecular weight excluding hydrogens is 256 g/mol. The Morgan fingerprint density at radius 2 is 1.76 bits per heavy atom. The maximum absolute atomic E-state index is 3.77. The minimum atomic E-state index is 0.468. The Bertz CT molecular complexity index is 417. The van der Waals surface area contributed by atoms with Crippen LogP contribution in [-0.4, -0.2) is 30.6 Å². The summed E-state index contributed by atoms with van der Waals surface area (Å²) in [6, 6.07) is 8.30. The second kappa shape index (κ2) is 7.95. The van der Waals surface area contributed by atoms with Crippen LogP contribution in [0.3, 0.4) is 0 Å². The molecule has 1 saturated carbocycles. The van der Waals surface area contributed by atoms with Gasteiger partial charge in [-0.2, -0.15) is 0 Å². The van der Waals surface area contributed by atoms with Crippen LogP contribution < -0.4 is 5.32 Å². The molecule has 1 aliphatic rings. The van der Waals surface area contributed by atoms with Crippen molar-refractivity contribution in [2.75, 3.05) is 19.6 Å². The van der Waals surface area contributed by atoms with Crippen LogP contribution >= 0.6 is 0 Å². The molecule has 2 heteroatoms. The Kier molecular flexibility index (Phi) is 6.25. The van der Waals surface area contributed by atoms with Gasteiger partial charge in [0.1, 0.15) is 0 Å². The van der Waals surface area contributed by atoms with Crippen LogP contribution in [0.1, 0.15) is 62.3 Å². The van der Waals surface area contributed by atoms with Crippen molar-refractivity contribution in [1.82, 2.24) is 10.2 Å². The minimum Gasteiger partial charge on any atom is -0.309 e. The predicted octanol–water partition coefficient (Wildman–Crippen LogP) is 4.22. The highest BCUT2D eigenvalue weighted by molar-refractivity contribution is 5.31. The van der Waals surface area contributed by atoms with Gasteiger partial charge in [-0.25, -0.2) is 0 Å². The van der Waals surface area contributed by atoms with Crippen LogP contribution in [0.4, 0.5) is 0 Å². The SMILES string of the molecule is CCCNC(CN(CCC)C1CC1)c1cc(C)cc(C)c1. The zero-order chi connectivity index (χ0) is 15.2. The van der Waals surface area contributed by atoms with Gasteiger partial charge in [0.2, 0.25) is 0 Å². The summed E-state index contributed by atoms with van der Waals surface area (Å²) >= 11 is 0. The largest absolute Gasteiger partial charge is 0.309 e. The van der Waals surface area contributed by atoms with Crippen LogP contribution in [0.5, 0.6) is 0 Å². The minimum absolute atomic E-state index is 0.468. The van der Waals surface area contributed by atoms with Gasteiger partial charge in [-0.1, -0.05) is 43.2 Å². The van der Waals surface area contributed by atoms with Gasteiger partial charge in [0.25, 0.3) is 0 Å². The van der Waals surface area contributed by atoms with E-state index < -0.39 is 0 Å². The zero-order valence-electron chi connectivity index (χ0n) is 14.3. The van der Waals surface area contributed by atoms with Crippen molar-refractivity contribution in [2.24, 2.45) is 0 Å². The van der Waals surface area contributed by atoms with Crippen molar-refractivity contribution in [3.05, 3.63) is 34.9 Å². The summed E-state index contributed by atoms with van der Waals surface area (Å²) in [6.07, 6.45) is 5.24. The lowest BCUT2D eigenvalue weighted by Gasteiger charge is -2.28. The molecule has 1 aromatic carbocycles. The number of hydrogen-bond donors (Lipinski definition) is 1. The third kappa shape index (κ3) is 5.12. The van der Waals surface area contributed by atoms with Gasteiger partial charge in [-0.3, -0.25) is 4.90 Å². The van der Waals surface area contributed by atoms with Gasteiger partial charge in [0, 0.05) is 18.6 Å². The Balaban J connectivity index is 2.12. The van der Waals surface area contributed by atoms with Crippen LogP contribution in [0.2, 0.25) is 0 Å². The third-order valence-corrected chi connectivity index (χ3v) is 4.28. The first kappa shape index (κ1) is 16.5. The molecule has 0 aliphatic heterocycles. The molecule has 0 aromatic heterocycles. The molecule has 1 aromatic rings. The Morgan fingerprint density at radius 3 is 2.29 bits per heavy atom. The summed E-state index contributed by atoms with van der Waals surface area (Å²) in [6.45, 7) is 12.4. The first-order chi connectivity index (χ1) is 10.1. The standard InChI is InChI=1S/C19H32N2/c1-5-9-20-19(14-21(10-6-2)18-7-8-18)17-12-15(3)11-16(4)13-17/h11-13,18-20H,5-10,14H2,1-4H3. The fraction of sp³-hybridized carbons (Fsp3) is 0.684. The van der Waals surface area contributed by atoms with E-state index in [9.17, 15) is 0 Å².